The summed E-state index contributed by atoms with van der Waals surface area (Å²) in [4.78, 5) is 24.7. The zero-order valence-corrected chi connectivity index (χ0v) is 20.7. The number of halogens is 3. The standard InChI is InChI=1S/C27H29F3N4O4/c28-27(29,30)26(36,17-32-12-10-19(11-13-32)25(35)31-20-6-7-20)23-16-33(15-18-4-2-1-3-5-18)24-14-21(34(37)38)8-9-22(23)24/h1-5,8-9,14,16,19-20,36H,6-7,10-13,15,17H2,(H,31,35). The lowest BCUT2D eigenvalue weighted by Gasteiger charge is -2.38. The molecular formula is C27H29F3N4O4. The number of fused-ring (bicyclic) bond motifs is 1. The summed E-state index contributed by atoms with van der Waals surface area (Å²) in [7, 11) is 0. The Morgan fingerprint density at radius 2 is 1.76 bits per heavy atom. The number of rotatable bonds is 8. The summed E-state index contributed by atoms with van der Waals surface area (Å²) in [5.41, 5.74) is -2.79. The van der Waals surface area contributed by atoms with Crippen LogP contribution in [0.15, 0.2) is 54.7 Å². The van der Waals surface area contributed by atoms with Crippen LogP contribution in [0.2, 0.25) is 0 Å². The molecule has 1 aromatic heterocycles. The van der Waals surface area contributed by atoms with Crippen molar-refractivity contribution in [2.45, 2.75) is 50.0 Å². The molecule has 11 heteroatoms. The second-order valence-corrected chi connectivity index (χ2v) is 10.3. The minimum atomic E-state index is -5.01. The van der Waals surface area contributed by atoms with E-state index in [2.05, 4.69) is 5.32 Å². The summed E-state index contributed by atoms with van der Waals surface area (Å²) in [6.07, 6.45) is -1.01. The third-order valence-electron chi connectivity index (χ3n) is 7.52. The Kier molecular flexibility index (Phi) is 6.91. The van der Waals surface area contributed by atoms with Crippen LogP contribution in [0.1, 0.15) is 36.8 Å². The minimum Gasteiger partial charge on any atom is -0.375 e. The number of benzene rings is 2. The number of likely N-dealkylation sites (tertiary alicyclic amines) is 1. The molecule has 202 valence electrons. The van der Waals surface area contributed by atoms with Gasteiger partial charge in [-0.15, -0.1) is 0 Å². The highest BCUT2D eigenvalue weighted by Gasteiger charge is 2.57. The monoisotopic (exact) mass is 530 g/mol. The van der Waals surface area contributed by atoms with E-state index in [0.29, 0.717) is 12.8 Å². The van der Waals surface area contributed by atoms with Crippen LogP contribution in [-0.2, 0) is 16.9 Å². The highest BCUT2D eigenvalue weighted by Crippen LogP contribution is 2.44. The molecule has 5 rings (SSSR count). The molecule has 2 aliphatic rings. The lowest BCUT2D eigenvalue weighted by Crippen LogP contribution is -2.53. The Bertz CT molecular complexity index is 1330. The van der Waals surface area contributed by atoms with Gasteiger partial charge < -0.3 is 15.0 Å². The second kappa shape index (κ2) is 10.0. The van der Waals surface area contributed by atoms with Crippen molar-refractivity contribution in [2.75, 3.05) is 19.6 Å². The maximum Gasteiger partial charge on any atom is 0.422 e. The molecule has 0 radical (unpaired) electrons. The first kappa shape index (κ1) is 26.2. The smallest absolute Gasteiger partial charge is 0.375 e. The van der Waals surface area contributed by atoms with E-state index in [1.165, 1.54) is 22.9 Å². The molecule has 3 aromatic rings. The van der Waals surface area contributed by atoms with Crippen molar-refractivity contribution in [3.05, 3.63) is 76.0 Å². The van der Waals surface area contributed by atoms with Gasteiger partial charge in [-0.25, -0.2) is 0 Å². The Morgan fingerprint density at radius 1 is 1.08 bits per heavy atom. The SMILES string of the molecule is O=C(NC1CC1)C1CCN(CC(O)(c2cn(Cc3ccccc3)c3cc([N+](=O)[O-])ccc23)C(F)(F)F)CC1. The molecule has 1 atom stereocenters. The van der Waals surface area contributed by atoms with Gasteiger partial charge in [0, 0.05) is 54.3 Å². The fourth-order valence-electron chi connectivity index (χ4n) is 5.19. The molecule has 1 aliphatic heterocycles. The number of piperidine rings is 1. The fraction of sp³-hybridized carbons (Fsp3) is 0.444. The van der Waals surface area contributed by atoms with Gasteiger partial charge in [0.1, 0.15) is 0 Å². The number of aliphatic hydroxyl groups is 1. The lowest BCUT2D eigenvalue weighted by molar-refractivity contribution is -0.384. The number of hydrogen-bond acceptors (Lipinski definition) is 5. The molecule has 1 aliphatic carbocycles. The van der Waals surface area contributed by atoms with Crippen molar-refractivity contribution in [2.24, 2.45) is 5.92 Å². The Balaban J connectivity index is 1.46. The Hall–Kier alpha value is -3.44. The summed E-state index contributed by atoms with van der Waals surface area (Å²) >= 11 is 0. The van der Waals surface area contributed by atoms with Crippen LogP contribution in [-0.4, -0.2) is 57.3 Å². The van der Waals surface area contributed by atoms with Gasteiger partial charge in [0.25, 0.3) is 5.69 Å². The summed E-state index contributed by atoms with van der Waals surface area (Å²) < 4.78 is 45.4. The third-order valence-corrected chi connectivity index (χ3v) is 7.52. The van der Waals surface area contributed by atoms with Crippen LogP contribution in [0.3, 0.4) is 0 Å². The first-order chi connectivity index (χ1) is 18.0. The molecule has 8 nitrogen and oxygen atoms in total. The zero-order chi connectivity index (χ0) is 27.1. The number of non-ortho nitro benzene ring substituents is 1. The number of nitrogens with zero attached hydrogens (tertiary/aromatic N) is 3. The lowest BCUT2D eigenvalue weighted by atomic mass is 9.89. The van der Waals surface area contributed by atoms with E-state index in [1.54, 1.807) is 17.0 Å². The summed E-state index contributed by atoms with van der Waals surface area (Å²) in [5, 5.41) is 25.8. The average molecular weight is 531 g/mol. The van der Waals surface area contributed by atoms with Crippen LogP contribution in [0.4, 0.5) is 18.9 Å². The largest absolute Gasteiger partial charge is 0.422 e. The molecule has 0 bridgehead atoms. The maximum atomic E-state index is 14.6. The van der Waals surface area contributed by atoms with Crippen molar-refractivity contribution in [1.82, 2.24) is 14.8 Å². The van der Waals surface area contributed by atoms with Crippen molar-refractivity contribution in [1.29, 1.82) is 0 Å². The molecule has 1 unspecified atom stereocenters. The predicted molar refractivity (Wildman–Crippen MR) is 134 cm³/mol. The zero-order valence-electron chi connectivity index (χ0n) is 20.7. The van der Waals surface area contributed by atoms with Crippen molar-refractivity contribution >= 4 is 22.5 Å². The predicted octanol–water partition coefficient (Wildman–Crippen LogP) is 4.34. The van der Waals surface area contributed by atoms with E-state index >= 15 is 0 Å². The number of nitro benzene ring substituents is 1. The van der Waals surface area contributed by atoms with Gasteiger partial charge >= 0.3 is 6.18 Å². The molecule has 2 heterocycles. The Morgan fingerprint density at radius 3 is 2.37 bits per heavy atom. The quantitative estimate of drug-likeness (QED) is 0.334. The van der Waals surface area contributed by atoms with E-state index < -0.39 is 23.2 Å². The highest BCUT2D eigenvalue weighted by molar-refractivity contribution is 5.87. The van der Waals surface area contributed by atoms with Gasteiger partial charge in [0.2, 0.25) is 11.5 Å². The van der Waals surface area contributed by atoms with Crippen LogP contribution in [0, 0.1) is 16.0 Å². The number of amides is 1. The van der Waals surface area contributed by atoms with E-state index in [-0.39, 0.29) is 59.7 Å². The molecule has 2 fully saturated rings. The van der Waals surface area contributed by atoms with E-state index in [0.717, 1.165) is 24.5 Å². The van der Waals surface area contributed by atoms with Crippen LogP contribution < -0.4 is 5.32 Å². The molecule has 38 heavy (non-hydrogen) atoms. The number of carbonyl (C=O) groups is 1. The van der Waals surface area contributed by atoms with Crippen molar-refractivity contribution in [3.63, 3.8) is 0 Å². The molecule has 1 saturated heterocycles. The maximum absolute atomic E-state index is 14.6. The highest BCUT2D eigenvalue weighted by atomic mass is 19.4. The molecule has 0 spiro atoms. The number of aromatic nitrogens is 1. The van der Waals surface area contributed by atoms with E-state index in [9.17, 15) is 33.2 Å². The summed E-state index contributed by atoms with van der Waals surface area (Å²) in [5.74, 6) is -0.303. The first-order valence-corrected chi connectivity index (χ1v) is 12.7. The summed E-state index contributed by atoms with van der Waals surface area (Å²) in [6, 6.07) is 12.9. The van der Waals surface area contributed by atoms with Crippen LogP contribution >= 0.6 is 0 Å². The molecule has 2 N–H and O–H groups in total. The van der Waals surface area contributed by atoms with Crippen molar-refractivity contribution in [3.8, 4) is 0 Å². The number of alkyl halides is 3. The number of carbonyl (C=O) groups excluding carboxylic acids is 1. The van der Waals surface area contributed by atoms with Gasteiger partial charge in [-0.2, -0.15) is 13.2 Å². The topological polar surface area (TPSA) is 101 Å². The molecule has 1 saturated carbocycles. The van der Waals surface area contributed by atoms with Gasteiger partial charge in [0.15, 0.2) is 0 Å². The number of nitrogens with one attached hydrogen (secondary N) is 1. The van der Waals surface area contributed by atoms with Crippen LogP contribution in [0.5, 0.6) is 0 Å². The van der Waals surface area contributed by atoms with Crippen molar-refractivity contribution < 1.29 is 28.0 Å². The van der Waals surface area contributed by atoms with Gasteiger partial charge in [-0.3, -0.25) is 19.8 Å². The second-order valence-electron chi connectivity index (χ2n) is 10.3. The van der Waals surface area contributed by atoms with Gasteiger partial charge in [0.05, 0.1) is 10.4 Å². The minimum absolute atomic E-state index is 0.0520. The number of β-amino-alcohol motifs (C(OH)–C–C–N with tert-alkyl or cyclic N) is 1. The number of hydrogen-bond donors (Lipinski definition) is 2. The normalized spacial score (nSPS) is 18.8. The summed E-state index contributed by atoms with van der Waals surface area (Å²) in [6.45, 7) is -0.0343. The van der Waals surface area contributed by atoms with Crippen LogP contribution in [0.25, 0.3) is 10.9 Å². The third kappa shape index (κ3) is 5.25. The molecule has 1 amide bonds. The Labute approximate surface area is 217 Å². The van der Waals surface area contributed by atoms with E-state index in [4.69, 9.17) is 0 Å². The number of nitro groups is 1. The first-order valence-electron chi connectivity index (χ1n) is 12.7. The fourth-order valence-corrected chi connectivity index (χ4v) is 5.19. The molecule has 2 aromatic carbocycles. The molecular weight excluding hydrogens is 501 g/mol. The van der Waals surface area contributed by atoms with E-state index in [1.807, 2.05) is 18.2 Å². The average Bonchev–Trinajstić information content (AvgIpc) is 3.63. The van der Waals surface area contributed by atoms with Gasteiger partial charge in [-0.1, -0.05) is 30.3 Å². The van der Waals surface area contributed by atoms with Gasteiger partial charge in [-0.05, 0) is 50.4 Å².